The Hall–Kier alpha value is -5.72. The Bertz CT molecular complexity index is 2130. The molecular weight excluding hydrogens is 594 g/mol. The first-order chi connectivity index (χ1) is 22.5. The molecule has 0 aromatic heterocycles. The van der Waals surface area contributed by atoms with E-state index in [-0.39, 0.29) is 0 Å². The number of carbonyl (C=O) groups excluding carboxylic acids is 1. The summed E-state index contributed by atoms with van der Waals surface area (Å²) in [7, 11) is 0. The van der Waals surface area contributed by atoms with Crippen molar-refractivity contribution in [3.05, 3.63) is 166 Å². The number of hydrogen-bond acceptors (Lipinski definition) is 6. The molecular formula is C39H28ClN3O3. The molecule has 2 heterocycles. The van der Waals surface area contributed by atoms with Crippen LogP contribution in [0.2, 0.25) is 5.02 Å². The minimum Gasteiger partial charge on any atom is -0.456 e. The van der Waals surface area contributed by atoms with Crippen LogP contribution in [0.3, 0.4) is 0 Å². The summed E-state index contributed by atoms with van der Waals surface area (Å²) in [5.74, 6) is 0.812. The van der Waals surface area contributed by atoms with Crippen molar-refractivity contribution in [2.45, 2.75) is 12.5 Å². The molecule has 6 aromatic rings. The number of rotatable bonds is 6. The molecule has 0 saturated carbocycles. The lowest BCUT2D eigenvalue weighted by molar-refractivity contribution is 0.0227. The van der Waals surface area contributed by atoms with Crippen LogP contribution in [0.4, 0.5) is 34.1 Å². The highest BCUT2D eigenvalue weighted by atomic mass is 35.5. The average Bonchev–Trinajstić information content (AvgIpc) is 3.36. The maximum absolute atomic E-state index is 13.4. The predicted molar refractivity (Wildman–Crippen MR) is 184 cm³/mol. The van der Waals surface area contributed by atoms with Gasteiger partial charge in [-0.15, -0.1) is 0 Å². The Morgan fingerprint density at radius 1 is 0.587 bits per heavy atom. The topological polar surface area (TPSA) is 71.6 Å². The quantitative estimate of drug-likeness (QED) is 0.161. The third kappa shape index (κ3) is 4.71. The van der Waals surface area contributed by atoms with Crippen molar-refractivity contribution in [2.24, 2.45) is 0 Å². The molecule has 0 bridgehead atoms. The van der Waals surface area contributed by atoms with E-state index in [2.05, 4.69) is 16.0 Å². The lowest BCUT2D eigenvalue weighted by Crippen LogP contribution is -2.34. The number of benzene rings is 6. The van der Waals surface area contributed by atoms with E-state index in [0.717, 1.165) is 45.3 Å². The number of carbonyl (C=O) groups is 1. The number of para-hydroxylation sites is 1. The minimum absolute atomic E-state index is 0.392. The van der Waals surface area contributed by atoms with Gasteiger partial charge in [-0.1, -0.05) is 60.1 Å². The van der Waals surface area contributed by atoms with E-state index < -0.39 is 11.6 Å². The van der Waals surface area contributed by atoms with Gasteiger partial charge in [0.05, 0.1) is 16.8 Å². The number of aryl methyl sites for hydroxylation is 1. The zero-order chi connectivity index (χ0) is 31.3. The number of halogens is 1. The highest BCUT2D eigenvalue weighted by Crippen LogP contribution is 2.59. The van der Waals surface area contributed by atoms with Crippen LogP contribution in [-0.4, -0.2) is 5.97 Å². The summed E-state index contributed by atoms with van der Waals surface area (Å²) in [6.07, 6.45) is 0. The number of nitrogens with one attached hydrogen (secondary N) is 3. The lowest BCUT2D eigenvalue weighted by Gasteiger charge is -2.38. The summed E-state index contributed by atoms with van der Waals surface area (Å²) in [5, 5.41) is 11.1. The smallest absolute Gasteiger partial charge is 0.340 e. The van der Waals surface area contributed by atoms with Crippen molar-refractivity contribution in [1.82, 2.24) is 0 Å². The van der Waals surface area contributed by atoms with Crippen LogP contribution in [0.5, 0.6) is 11.5 Å². The fraction of sp³-hybridized carbons (Fsp3) is 0.0513. The summed E-state index contributed by atoms with van der Waals surface area (Å²) in [4.78, 5) is 13.4. The van der Waals surface area contributed by atoms with Crippen LogP contribution in [0.15, 0.2) is 133 Å². The standard InChI is InChI=1S/C39H28ClN3O3/c1-24-21-36-32(23-33(24)40)39(31-14-6-5-13-30(31)38(44)46-39)37-34(15-8-16-35(37)45-36)43-29-12-7-11-28(22-29)42-27-19-17-26(18-20-27)41-25-9-3-2-4-10-25/h2-23,41-43H,1H3. The Kier molecular flexibility index (Phi) is 6.66. The fourth-order valence-corrected chi connectivity index (χ4v) is 6.44. The zero-order valence-corrected chi connectivity index (χ0v) is 25.6. The number of ether oxygens (including phenoxy) is 2. The van der Waals surface area contributed by atoms with E-state index in [1.54, 1.807) is 6.07 Å². The van der Waals surface area contributed by atoms with Crippen molar-refractivity contribution < 1.29 is 14.3 Å². The van der Waals surface area contributed by atoms with E-state index in [1.165, 1.54) is 0 Å². The first kappa shape index (κ1) is 27.8. The van der Waals surface area contributed by atoms with Crippen molar-refractivity contribution in [2.75, 3.05) is 16.0 Å². The van der Waals surface area contributed by atoms with Crippen LogP contribution in [0.1, 0.15) is 32.6 Å². The maximum atomic E-state index is 13.4. The molecule has 0 aliphatic carbocycles. The summed E-state index contributed by atoms with van der Waals surface area (Å²) in [5.41, 5.74) is 7.79. The van der Waals surface area contributed by atoms with E-state index in [9.17, 15) is 4.79 Å². The fourth-order valence-electron chi connectivity index (χ4n) is 6.28. The second-order valence-corrected chi connectivity index (χ2v) is 11.8. The van der Waals surface area contributed by atoms with Gasteiger partial charge in [0, 0.05) is 44.6 Å². The number of fused-ring (bicyclic) bond motifs is 6. The molecule has 3 N–H and O–H groups in total. The Labute approximate surface area is 271 Å². The van der Waals surface area contributed by atoms with Gasteiger partial charge >= 0.3 is 5.97 Å². The monoisotopic (exact) mass is 621 g/mol. The number of hydrogen-bond donors (Lipinski definition) is 3. The van der Waals surface area contributed by atoms with Crippen molar-refractivity contribution in [1.29, 1.82) is 0 Å². The first-order valence-electron chi connectivity index (χ1n) is 15.0. The van der Waals surface area contributed by atoms with E-state index >= 15 is 0 Å². The van der Waals surface area contributed by atoms with Crippen LogP contribution >= 0.6 is 11.6 Å². The molecule has 8 rings (SSSR count). The zero-order valence-electron chi connectivity index (χ0n) is 24.8. The third-order valence-corrected chi connectivity index (χ3v) is 8.80. The molecule has 1 unspecified atom stereocenters. The SMILES string of the molecule is Cc1cc2c(cc1Cl)C1(OC(=O)c3ccccc31)c1c(Nc3cccc(Nc4ccc(Nc5ccccc5)cc4)c3)cccc1O2. The number of esters is 1. The summed E-state index contributed by atoms with van der Waals surface area (Å²) in [6.45, 7) is 1.93. The highest BCUT2D eigenvalue weighted by Gasteiger charge is 2.54. The summed E-state index contributed by atoms with van der Waals surface area (Å²) in [6, 6.07) is 43.3. The maximum Gasteiger partial charge on any atom is 0.340 e. The number of anilines is 6. The summed E-state index contributed by atoms with van der Waals surface area (Å²) < 4.78 is 12.9. The molecule has 0 fully saturated rings. The molecule has 0 amide bonds. The van der Waals surface area contributed by atoms with Gasteiger partial charge in [-0.3, -0.25) is 0 Å². The van der Waals surface area contributed by atoms with Gasteiger partial charge in [-0.25, -0.2) is 4.79 Å². The van der Waals surface area contributed by atoms with Crippen molar-refractivity contribution in [3.8, 4) is 11.5 Å². The van der Waals surface area contributed by atoms with Crippen LogP contribution in [0, 0.1) is 6.92 Å². The van der Waals surface area contributed by atoms with E-state index in [0.29, 0.717) is 33.2 Å². The van der Waals surface area contributed by atoms with Crippen molar-refractivity contribution >= 4 is 51.7 Å². The largest absolute Gasteiger partial charge is 0.456 e. The highest BCUT2D eigenvalue weighted by molar-refractivity contribution is 6.31. The van der Waals surface area contributed by atoms with E-state index in [1.807, 2.05) is 134 Å². The van der Waals surface area contributed by atoms with Gasteiger partial charge < -0.3 is 25.4 Å². The molecule has 6 aromatic carbocycles. The van der Waals surface area contributed by atoms with Crippen LogP contribution in [0.25, 0.3) is 0 Å². The molecule has 7 heteroatoms. The van der Waals surface area contributed by atoms with Gasteiger partial charge in [0.1, 0.15) is 11.5 Å². The van der Waals surface area contributed by atoms with Gasteiger partial charge in [0.15, 0.2) is 5.60 Å². The van der Waals surface area contributed by atoms with Crippen LogP contribution in [-0.2, 0) is 10.3 Å². The molecule has 0 radical (unpaired) electrons. The van der Waals surface area contributed by atoms with Gasteiger partial charge in [0.25, 0.3) is 0 Å². The van der Waals surface area contributed by atoms with Gasteiger partial charge in [0.2, 0.25) is 0 Å². The normalized spacial score (nSPS) is 15.7. The Balaban J connectivity index is 1.14. The third-order valence-electron chi connectivity index (χ3n) is 8.39. The van der Waals surface area contributed by atoms with Gasteiger partial charge in [-0.05, 0) is 97.4 Å². The molecule has 0 saturated heterocycles. The van der Waals surface area contributed by atoms with E-state index in [4.69, 9.17) is 21.1 Å². The van der Waals surface area contributed by atoms with Crippen LogP contribution < -0.4 is 20.7 Å². The lowest BCUT2D eigenvalue weighted by atomic mass is 9.76. The average molecular weight is 622 g/mol. The molecule has 6 nitrogen and oxygen atoms in total. The molecule has 2 aliphatic heterocycles. The molecule has 1 atom stereocenters. The Morgan fingerprint density at radius 3 is 2.00 bits per heavy atom. The summed E-state index contributed by atoms with van der Waals surface area (Å²) >= 11 is 6.67. The molecule has 46 heavy (non-hydrogen) atoms. The van der Waals surface area contributed by atoms with Crippen molar-refractivity contribution in [3.63, 3.8) is 0 Å². The van der Waals surface area contributed by atoms with Gasteiger partial charge in [-0.2, -0.15) is 0 Å². The first-order valence-corrected chi connectivity index (χ1v) is 15.4. The second kappa shape index (κ2) is 11.0. The minimum atomic E-state index is -1.25. The molecule has 1 spiro atoms. The Morgan fingerprint density at radius 2 is 1.22 bits per heavy atom. The molecule has 224 valence electrons. The predicted octanol–water partition coefficient (Wildman–Crippen LogP) is 10.4. The second-order valence-electron chi connectivity index (χ2n) is 11.4. The molecule has 2 aliphatic rings.